The van der Waals surface area contributed by atoms with Gasteiger partial charge in [0.25, 0.3) is 5.91 Å². The number of methoxy groups -OCH3 is 1. The predicted molar refractivity (Wildman–Crippen MR) is 101 cm³/mol. The summed E-state index contributed by atoms with van der Waals surface area (Å²) in [7, 11) is 1.43. The highest BCUT2D eigenvalue weighted by atomic mass is 79.9. The van der Waals surface area contributed by atoms with Gasteiger partial charge in [-0.3, -0.25) is 9.69 Å². The number of aromatic hydroxyl groups is 1. The van der Waals surface area contributed by atoms with Crippen LogP contribution in [0.25, 0.3) is 6.08 Å². The fourth-order valence-corrected chi connectivity index (χ4v) is 3.05. The number of hydrogen-bond acceptors (Lipinski definition) is 4. The van der Waals surface area contributed by atoms with Gasteiger partial charge in [-0.15, -0.1) is 0 Å². The second kappa shape index (κ2) is 7.21. The van der Waals surface area contributed by atoms with Crippen molar-refractivity contribution in [1.29, 1.82) is 0 Å². The molecule has 1 fully saturated rings. The van der Waals surface area contributed by atoms with E-state index in [0.717, 1.165) is 16.0 Å². The molecule has 3 rings (SSSR count). The van der Waals surface area contributed by atoms with Gasteiger partial charge in [0.2, 0.25) is 0 Å². The minimum atomic E-state index is -0.466. The van der Waals surface area contributed by atoms with Crippen molar-refractivity contribution in [3.8, 4) is 11.5 Å². The third-order valence-electron chi connectivity index (χ3n) is 4.01. The molecule has 0 spiro atoms. The zero-order valence-corrected chi connectivity index (χ0v) is 15.8. The van der Waals surface area contributed by atoms with E-state index >= 15 is 0 Å². The molecule has 2 aromatic carbocycles. The van der Waals surface area contributed by atoms with Gasteiger partial charge in [-0.25, -0.2) is 4.79 Å². The lowest BCUT2D eigenvalue weighted by atomic mass is 10.1. The third kappa shape index (κ3) is 3.57. The van der Waals surface area contributed by atoms with Crippen LogP contribution in [0, 0.1) is 6.92 Å². The topological polar surface area (TPSA) is 78.9 Å². The Balaban J connectivity index is 1.85. The number of carbonyl (C=O) groups is 2. The predicted octanol–water partition coefficient (Wildman–Crippen LogP) is 3.56. The molecule has 26 heavy (non-hydrogen) atoms. The molecule has 2 aromatic rings. The molecule has 0 saturated carbocycles. The van der Waals surface area contributed by atoms with Gasteiger partial charge >= 0.3 is 6.03 Å². The first kappa shape index (κ1) is 18.0. The van der Waals surface area contributed by atoms with Crippen LogP contribution in [0.5, 0.6) is 11.5 Å². The van der Waals surface area contributed by atoms with Crippen LogP contribution in [0.15, 0.2) is 46.6 Å². The van der Waals surface area contributed by atoms with Crippen molar-refractivity contribution in [3.63, 3.8) is 0 Å². The summed E-state index contributed by atoms with van der Waals surface area (Å²) in [6, 6.07) is 10.4. The van der Waals surface area contributed by atoms with Gasteiger partial charge in [0.15, 0.2) is 11.5 Å². The van der Waals surface area contributed by atoms with Gasteiger partial charge in [-0.05, 0) is 52.2 Å². The zero-order valence-electron chi connectivity index (χ0n) is 14.2. The van der Waals surface area contributed by atoms with E-state index in [9.17, 15) is 14.7 Å². The summed E-state index contributed by atoms with van der Waals surface area (Å²) in [4.78, 5) is 25.9. The average molecular weight is 417 g/mol. The first-order valence-corrected chi connectivity index (χ1v) is 8.65. The minimum Gasteiger partial charge on any atom is -0.503 e. The van der Waals surface area contributed by atoms with Crippen LogP contribution in [0.3, 0.4) is 0 Å². The highest BCUT2D eigenvalue weighted by molar-refractivity contribution is 9.10. The molecule has 134 valence electrons. The number of rotatable bonds is 4. The fraction of sp³-hybridized carbons (Fsp3) is 0.158. The lowest BCUT2D eigenvalue weighted by Gasteiger charge is -2.11. The third-order valence-corrected chi connectivity index (χ3v) is 4.61. The molecule has 0 aromatic heterocycles. The van der Waals surface area contributed by atoms with Crippen molar-refractivity contribution in [1.82, 2.24) is 10.2 Å². The molecule has 1 aliphatic heterocycles. The summed E-state index contributed by atoms with van der Waals surface area (Å²) in [5.74, 6) is -0.171. The van der Waals surface area contributed by atoms with Crippen LogP contribution in [-0.2, 0) is 11.3 Å². The maximum absolute atomic E-state index is 12.6. The zero-order chi connectivity index (χ0) is 18.8. The Kier molecular flexibility index (Phi) is 4.99. The van der Waals surface area contributed by atoms with Crippen molar-refractivity contribution in [2.75, 3.05) is 7.11 Å². The number of phenolic OH excluding ortho intramolecular Hbond substituents is 1. The van der Waals surface area contributed by atoms with Crippen LogP contribution >= 0.6 is 15.9 Å². The van der Waals surface area contributed by atoms with Gasteiger partial charge in [0, 0.05) is 0 Å². The van der Waals surface area contributed by atoms with E-state index in [1.54, 1.807) is 18.2 Å². The Morgan fingerprint density at radius 3 is 2.58 bits per heavy atom. The molecular weight excluding hydrogens is 400 g/mol. The SMILES string of the molecule is COc1cc(/C=C2/NC(=O)N(Cc3ccc(C)cc3)C2=O)cc(Br)c1O. The number of halogens is 1. The Morgan fingerprint density at radius 1 is 1.23 bits per heavy atom. The molecule has 0 unspecified atom stereocenters. The average Bonchev–Trinajstić information content (AvgIpc) is 2.87. The monoisotopic (exact) mass is 416 g/mol. The van der Waals surface area contributed by atoms with Gasteiger partial charge in [0.05, 0.1) is 18.1 Å². The molecule has 0 atom stereocenters. The fourth-order valence-electron chi connectivity index (χ4n) is 2.59. The van der Waals surface area contributed by atoms with Crippen molar-refractivity contribution >= 4 is 33.9 Å². The molecule has 0 bridgehead atoms. The highest BCUT2D eigenvalue weighted by Crippen LogP contribution is 2.36. The van der Waals surface area contributed by atoms with Crippen LogP contribution in [-0.4, -0.2) is 29.1 Å². The Bertz CT molecular complexity index is 907. The quantitative estimate of drug-likeness (QED) is 0.589. The summed E-state index contributed by atoms with van der Waals surface area (Å²) in [5.41, 5.74) is 2.75. The largest absolute Gasteiger partial charge is 0.503 e. The number of aryl methyl sites for hydroxylation is 1. The molecule has 1 heterocycles. The molecular formula is C19H17BrN2O4. The van der Waals surface area contributed by atoms with Gasteiger partial charge in [-0.1, -0.05) is 29.8 Å². The number of phenols is 1. The Morgan fingerprint density at radius 2 is 1.92 bits per heavy atom. The summed E-state index contributed by atoms with van der Waals surface area (Å²) in [5, 5.41) is 12.5. The number of nitrogens with zero attached hydrogens (tertiary/aromatic N) is 1. The van der Waals surface area contributed by atoms with Crippen LogP contribution in [0.2, 0.25) is 0 Å². The maximum atomic E-state index is 12.6. The normalized spacial score (nSPS) is 15.5. The van der Waals surface area contributed by atoms with Crippen LogP contribution < -0.4 is 10.1 Å². The van der Waals surface area contributed by atoms with Gasteiger partial charge in [0.1, 0.15) is 5.70 Å². The van der Waals surface area contributed by atoms with Crippen molar-refractivity contribution in [2.24, 2.45) is 0 Å². The number of hydrogen-bond donors (Lipinski definition) is 2. The van der Waals surface area contributed by atoms with Crippen LogP contribution in [0.4, 0.5) is 4.79 Å². The van der Waals surface area contributed by atoms with E-state index in [1.165, 1.54) is 7.11 Å². The maximum Gasteiger partial charge on any atom is 0.329 e. The van der Waals surface area contributed by atoms with E-state index < -0.39 is 11.9 Å². The lowest BCUT2D eigenvalue weighted by molar-refractivity contribution is -0.123. The molecule has 3 amide bonds. The molecule has 6 nitrogen and oxygen atoms in total. The number of urea groups is 1. The number of nitrogens with one attached hydrogen (secondary N) is 1. The summed E-state index contributed by atoms with van der Waals surface area (Å²) < 4.78 is 5.52. The van der Waals surface area contributed by atoms with E-state index in [-0.39, 0.29) is 23.7 Å². The number of imide groups is 1. The minimum absolute atomic E-state index is 0.0302. The smallest absolute Gasteiger partial charge is 0.329 e. The molecule has 1 aliphatic rings. The van der Waals surface area contributed by atoms with Gasteiger partial charge < -0.3 is 15.2 Å². The van der Waals surface area contributed by atoms with Crippen molar-refractivity contribution < 1.29 is 19.4 Å². The van der Waals surface area contributed by atoms with Crippen molar-refractivity contribution in [3.05, 3.63) is 63.3 Å². The molecule has 2 N–H and O–H groups in total. The number of carbonyl (C=O) groups excluding carboxylic acids is 2. The van der Waals surface area contributed by atoms with E-state index in [4.69, 9.17) is 4.74 Å². The summed E-state index contributed by atoms with van der Waals surface area (Å²) in [6.07, 6.45) is 1.54. The summed E-state index contributed by atoms with van der Waals surface area (Å²) >= 11 is 3.23. The second-order valence-corrected chi connectivity index (χ2v) is 6.77. The van der Waals surface area contributed by atoms with Crippen LogP contribution in [0.1, 0.15) is 16.7 Å². The van der Waals surface area contributed by atoms with Gasteiger partial charge in [-0.2, -0.15) is 0 Å². The van der Waals surface area contributed by atoms with Crippen molar-refractivity contribution in [2.45, 2.75) is 13.5 Å². The van der Waals surface area contributed by atoms with E-state index in [2.05, 4.69) is 21.2 Å². The summed E-state index contributed by atoms with van der Waals surface area (Å²) in [6.45, 7) is 2.17. The first-order chi connectivity index (χ1) is 12.4. The highest BCUT2D eigenvalue weighted by Gasteiger charge is 2.33. The standard InChI is InChI=1S/C19H17BrN2O4/c1-11-3-5-12(6-4-11)10-22-18(24)15(21-19(22)25)8-13-7-14(20)17(23)16(9-13)26-2/h3-9,23H,10H2,1-2H3,(H,21,25)/b15-8+. The first-order valence-electron chi connectivity index (χ1n) is 7.85. The lowest BCUT2D eigenvalue weighted by Crippen LogP contribution is -2.30. The number of amides is 3. The molecule has 7 heteroatoms. The van der Waals surface area contributed by atoms with E-state index in [1.807, 2.05) is 31.2 Å². The Hall–Kier alpha value is -2.80. The molecule has 0 radical (unpaired) electrons. The number of ether oxygens (including phenoxy) is 1. The van der Waals surface area contributed by atoms with E-state index in [0.29, 0.717) is 10.0 Å². The Labute approximate surface area is 159 Å². The second-order valence-electron chi connectivity index (χ2n) is 5.92. The number of benzene rings is 2. The molecule has 1 saturated heterocycles. The molecule has 0 aliphatic carbocycles.